The Hall–Kier alpha value is -0.960. The van der Waals surface area contributed by atoms with Gasteiger partial charge in [-0.1, -0.05) is 18.2 Å². The van der Waals surface area contributed by atoms with E-state index >= 15 is 0 Å². The molecule has 3 heteroatoms. The Labute approximate surface area is 81.9 Å². The molecule has 2 unspecified atom stereocenters. The van der Waals surface area contributed by atoms with Crippen molar-refractivity contribution in [3.05, 3.63) is 35.4 Å². The molecule has 14 heavy (non-hydrogen) atoms. The molecule has 1 saturated carbocycles. The molecule has 0 saturated heterocycles. The smallest absolute Gasteiger partial charge is 0.263 e. The quantitative estimate of drug-likeness (QED) is 0.792. The number of rotatable bonds is 3. The monoisotopic (exact) mass is 197 g/mol. The van der Waals surface area contributed by atoms with Crippen LogP contribution in [0.1, 0.15) is 29.9 Å². The Morgan fingerprint density at radius 2 is 2.21 bits per heavy atom. The van der Waals surface area contributed by atoms with Crippen LogP contribution in [-0.4, -0.2) is 6.54 Å². The van der Waals surface area contributed by atoms with E-state index in [-0.39, 0.29) is 5.56 Å². The van der Waals surface area contributed by atoms with E-state index in [1.54, 1.807) is 12.1 Å². The lowest BCUT2D eigenvalue weighted by Gasteiger charge is -2.03. The summed E-state index contributed by atoms with van der Waals surface area (Å²) in [6.07, 6.45) is -1.33. The average Bonchev–Trinajstić information content (AvgIpc) is 2.97. The summed E-state index contributed by atoms with van der Waals surface area (Å²) in [6, 6.07) is 6.67. The van der Waals surface area contributed by atoms with Crippen LogP contribution in [0.4, 0.5) is 8.78 Å². The highest BCUT2D eigenvalue weighted by atomic mass is 19.3. The van der Waals surface area contributed by atoms with Gasteiger partial charge in [0.25, 0.3) is 6.43 Å². The molecular weight excluding hydrogens is 184 g/mol. The van der Waals surface area contributed by atoms with Crippen molar-refractivity contribution >= 4 is 0 Å². The van der Waals surface area contributed by atoms with E-state index in [9.17, 15) is 8.78 Å². The molecule has 1 fully saturated rings. The fourth-order valence-electron chi connectivity index (χ4n) is 1.84. The number of nitrogens with two attached hydrogens (primary N) is 1. The predicted molar refractivity (Wildman–Crippen MR) is 51.3 cm³/mol. The maximum atomic E-state index is 12.4. The van der Waals surface area contributed by atoms with Crippen LogP contribution < -0.4 is 5.73 Å². The molecule has 1 aliphatic rings. The summed E-state index contributed by atoms with van der Waals surface area (Å²) in [5, 5.41) is 0. The standard InChI is InChI=1S/C11H13F2N/c12-11(13)8-3-1-2-7(4-8)10-5-9(10)6-14/h1-4,9-11H,5-6,14H2. The molecule has 0 aromatic heterocycles. The van der Waals surface area contributed by atoms with Gasteiger partial charge in [0.15, 0.2) is 0 Å². The van der Waals surface area contributed by atoms with Crippen molar-refractivity contribution in [2.24, 2.45) is 11.7 Å². The maximum absolute atomic E-state index is 12.4. The van der Waals surface area contributed by atoms with Crippen LogP contribution in [0.3, 0.4) is 0 Å². The normalized spacial score (nSPS) is 25.4. The van der Waals surface area contributed by atoms with Crippen molar-refractivity contribution in [2.45, 2.75) is 18.8 Å². The van der Waals surface area contributed by atoms with Gasteiger partial charge >= 0.3 is 0 Å². The first-order valence-corrected chi connectivity index (χ1v) is 4.80. The Kier molecular flexibility index (Phi) is 2.50. The maximum Gasteiger partial charge on any atom is 0.263 e. The first kappa shape index (κ1) is 9.59. The molecule has 1 aromatic carbocycles. The molecule has 0 radical (unpaired) electrons. The third-order valence-electron chi connectivity index (χ3n) is 2.82. The van der Waals surface area contributed by atoms with Gasteiger partial charge < -0.3 is 5.73 Å². The van der Waals surface area contributed by atoms with Crippen LogP contribution in [0, 0.1) is 5.92 Å². The van der Waals surface area contributed by atoms with Gasteiger partial charge in [0.1, 0.15) is 0 Å². The minimum atomic E-state index is -2.37. The van der Waals surface area contributed by atoms with Gasteiger partial charge in [0, 0.05) is 5.56 Å². The Morgan fingerprint density at radius 3 is 2.79 bits per heavy atom. The second-order valence-electron chi connectivity index (χ2n) is 3.81. The number of hydrogen-bond acceptors (Lipinski definition) is 1. The minimum Gasteiger partial charge on any atom is -0.330 e. The van der Waals surface area contributed by atoms with Crippen LogP contribution in [0.25, 0.3) is 0 Å². The average molecular weight is 197 g/mol. The van der Waals surface area contributed by atoms with Crippen LogP contribution in [0.15, 0.2) is 24.3 Å². The van der Waals surface area contributed by atoms with E-state index in [0.717, 1.165) is 12.0 Å². The SMILES string of the molecule is NCC1CC1c1cccc(C(F)F)c1. The first-order chi connectivity index (χ1) is 6.72. The largest absolute Gasteiger partial charge is 0.330 e. The van der Waals surface area contributed by atoms with Crippen molar-refractivity contribution in [1.82, 2.24) is 0 Å². The highest BCUT2D eigenvalue weighted by Crippen LogP contribution is 2.47. The van der Waals surface area contributed by atoms with Crippen molar-refractivity contribution in [3.8, 4) is 0 Å². The summed E-state index contributed by atoms with van der Waals surface area (Å²) >= 11 is 0. The Balaban J connectivity index is 2.15. The number of halogens is 2. The zero-order chi connectivity index (χ0) is 10.1. The lowest BCUT2D eigenvalue weighted by atomic mass is 10.1. The molecule has 2 atom stereocenters. The number of hydrogen-bond donors (Lipinski definition) is 1. The topological polar surface area (TPSA) is 26.0 Å². The van der Waals surface area contributed by atoms with E-state index in [2.05, 4.69) is 0 Å². The van der Waals surface area contributed by atoms with Crippen molar-refractivity contribution < 1.29 is 8.78 Å². The summed E-state index contributed by atoms with van der Waals surface area (Å²) < 4.78 is 24.8. The second-order valence-corrected chi connectivity index (χ2v) is 3.81. The van der Waals surface area contributed by atoms with Crippen LogP contribution in [0.5, 0.6) is 0 Å². The molecule has 1 aliphatic carbocycles. The zero-order valence-corrected chi connectivity index (χ0v) is 7.79. The summed E-state index contributed by atoms with van der Waals surface area (Å²) in [6.45, 7) is 0.656. The lowest BCUT2D eigenvalue weighted by Crippen LogP contribution is -2.02. The summed E-state index contributed by atoms with van der Waals surface area (Å²) in [5.74, 6) is 0.918. The highest BCUT2D eigenvalue weighted by Gasteiger charge is 2.36. The van der Waals surface area contributed by atoms with Gasteiger partial charge in [-0.25, -0.2) is 8.78 Å². The van der Waals surface area contributed by atoms with E-state index in [1.807, 2.05) is 6.07 Å². The van der Waals surface area contributed by atoms with Gasteiger partial charge in [-0.2, -0.15) is 0 Å². The van der Waals surface area contributed by atoms with E-state index in [0.29, 0.717) is 18.4 Å². The Bertz CT molecular complexity index is 325. The van der Waals surface area contributed by atoms with Crippen LogP contribution >= 0.6 is 0 Å². The van der Waals surface area contributed by atoms with Gasteiger partial charge in [0.2, 0.25) is 0 Å². The van der Waals surface area contributed by atoms with Gasteiger partial charge in [-0.15, -0.1) is 0 Å². The fourth-order valence-corrected chi connectivity index (χ4v) is 1.84. The minimum absolute atomic E-state index is 0.116. The molecule has 2 rings (SSSR count). The highest BCUT2D eigenvalue weighted by molar-refractivity contribution is 5.31. The zero-order valence-electron chi connectivity index (χ0n) is 7.79. The predicted octanol–water partition coefficient (Wildman–Crippen LogP) is 2.69. The Morgan fingerprint density at radius 1 is 1.43 bits per heavy atom. The van der Waals surface area contributed by atoms with Crippen LogP contribution in [0.2, 0.25) is 0 Å². The van der Waals surface area contributed by atoms with E-state index in [1.165, 1.54) is 6.07 Å². The third kappa shape index (κ3) is 1.77. The molecule has 0 spiro atoms. The number of benzene rings is 1. The second kappa shape index (κ2) is 3.65. The molecule has 76 valence electrons. The number of alkyl halides is 2. The van der Waals surface area contributed by atoms with Gasteiger partial charge in [0.05, 0.1) is 0 Å². The van der Waals surface area contributed by atoms with Gasteiger partial charge in [-0.3, -0.25) is 0 Å². The van der Waals surface area contributed by atoms with E-state index < -0.39 is 6.43 Å². The molecule has 1 aromatic rings. The van der Waals surface area contributed by atoms with Crippen LogP contribution in [-0.2, 0) is 0 Å². The van der Waals surface area contributed by atoms with Crippen molar-refractivity contribution in [1.29, 1.82) is 0 Å². The molecule has 0 heterocycles. The molecule has 0 aliphatic heterocycles. The summed E-state index contributed by atoms with van der Waals surface area (Å²) in [5.41, 5.74) is 6.64. The van der Waals surface area contributed by atoms with Crippen molar-refractivity contribution in [2.75, 3.05) is 6.54 Å². The molecule has 2 N–H and O–H groups in total. The molecule has 1 nitrogen and oxygen atoms in total. The van der Waals surface area contributed by atoms with E-state index in [4.69, 9.17) is 5.73 Å². The summed E-state index contributed by atoms with van der Waals surface area (Å²) in [7, 11) is 0. The fraction of sp³-hybridized carbons (Fsp3) is 0.455. The third-order valence-corrected chi connectivity index (χ3v) is 2.82. The van der Waals surface area contributed by atoms with Gasteiger partial charge in [-0.05, 0) is 36.4 Å². The summed E-state index contributed by atoms with van der Waals surface area (Å²) in [4.78, 5) is 0. The lowest BCUT2D eigenvalue weighted by molar-refractivity contribution is 0.151. The molecule has 0 bridgehead atoms. The molecular formula is C11H13F2N. The molecule has 0 amide bonds. The first-order valence-electron chi connectivity index (χ1n) is 4.80. The van der Waals surface area contributed by atoms with Crippen molar-refractivity contribution in [3.63, 3.8) is 0 Å².